The molecule has 1 aliphatic heterocycles. The lowest BCUT2D eigenvalue weighted by Crippen LogP contribution is -2.46. The summed E-state index contributed by atoms with van der Waals surface area (Å²) >= 11 is 1.28. The topological polar surface area (TPSA) is 32.3 Å². The van der Waals surface area contributed by atoms with Crippen molar-refractivity contribution < 1.29 is 22.4 Å². The Hall–Kier alpha value is -1.90. The second-order valence-corrected chi connectivity index (χ2v) is 9.69. The number of benzene rings is 2. The van der Waals surface area contributed by atoms with Gasteiger partial charge in [0, 0.05) is 23.3 Å². The molecule has 1 saturated heterocycles. The molecule has 180 valence electrons. The number of hydrogen-bond acceptors (Lipinski definition) is 4. The van der Waals surface area contributed by atoms with E-state index in [0.29, 0.717) is 29.7 Å². The van der Waals surface area contributed by atoms with Crippen LogP contribution in [-0.2, 0) is 11.2 Å². The van der Waals surface area contributed by atoms with Gasteiger partial charge in [-0.15, -0.1) is 0 Å². The van der Waals surface area contributed by atoms with Gasteiger partial charge in [-0.25, -0.2) is 17.6 Å². The molecule has 2 fully saturated rings. The molecule has 0 amide bonds. The van der Waals surface area contributed by atoms with Crippen molar-refractivity contribution in [3.8, 4) is 11.1 Å². The molecule has 1 saturated carbocycles. The fourth-order valence-corrected chi connectivity index (χ4v) is 4.87. The van der Waals surface area contributed by atoms with Crippen molar-refractivity contribution >= 4 is 18.2 Å². The average Bonchev–Trinajstić information content (AvgIpc) is 2.99. The van der Waals surface area contributed by atoms with Gasteiger partial charge in [-0.2, -0.15) is 0 Å². The minimum atomic E-state index is -2.84. The van der Waals surface area contributed by atoms with Crippen molar-refractivity contribution in [2.75, 3.05) is 19.3 Å². The van der Waals surface area contributed by atoms with Crippen LogP contribution in [0.4, 0.5) is 17.6 Å². The Balaban J connectivity index is 0.000000374. The largest absolute Gasteiger partial charge is 0.303 e. The summed E-state index contributed by atoms with van der Waals surface area (Å²) < 4.78 is 58.5. The minimum absolute atomic E-state index is 0.0370. The third-order valence-corrected chi connectivity index (χ3v) is 6.83. The molecule has 1 aliphatic carbocycles. The highest BCUT2D eigenvalue weighted by Gasteiger charge is 2.53. The summed E-state index contributed by atoms with van der Waals surface area (Å²) in [4.78, 5) is 11.4. The number of likely N-dealkylation sites (tertiary alicyclic amines) is 1. The van der Waals surface area contributed by atoms with Crippen LogP contribution in [0.5, 0.6) is 0 Å². The summed E-state index contributed by atoms with van der Waals surface area (Å²) in [5.74, 6) is -2.44. The van der Waals surface area contributed by atoms with E-state index >= 15 is 4.39 Å². The molecule has 3 nitrogen and oxygen atoms in total. The van der Waals surface area contributed by atoms with Crippen molar-refractivity contribution in [2.24, 2.45) is 5.92 Å². The molecule has 0 spiro atoms. The lowest BCUT2D eigenvalue weighted by molar-refractivity contribution is -0.115. The van der Waals surface area contributed by atoms with Crippen molar-refractivity contribution in [3.63, 3.8) is 0 Å². The SMILES string of the molecule is CCSNC1C(Cc2cccc(-c3ccccc3)c2F)N(C)CC1(F)F.O=CC1CC(F)C1. The number of aldehydes is 1. The summed E-state index contributed by atoms with van der Waals surface area (Å²) in [6, 6.07) is 13.0. The van der Waals surface area contributed by atoms with Crippen LogP contribution in [0.2, 0.25) is 0 Å². The second-order valence-electron chi connectivity index (χ2n) is 8.59. The van der Waals surface area contributed by atoms with Gasteiger partial charge in [-0.1, -0.05) is 67.4 Å². The van der Waals surface area contributed by atoms with E-state index in [9.17, 15) is 18.0 Å². The number of rotatable bonds is 7. The van der Waals surface area contributed by atoms with Crippen molar-refractivity contribution in [3.05, 3.63) is 59.9 Å². The van der Waals surface area contributed by atoms with Crippen molar-refractivity contribution in [1.82, 2.24) is 9.62 Å². The monoisotopic (exact) mass is 482 g/mol. The Kier molecular flexibility index (Phi) is 8.95. The number of halogens is 4. The third kappa shape index (κ3) is 6.37. The van der Waals surface area contributed by atoms with Gasteiger partial charge in [0.2, 0.25) is 0 Å². The van der Waals surface area contributed by atoms with Gasteiger partial charge >= 0.3 is 0 Å². The highest BCUT2D eigenvalue weighted by molar-refractivity contribution is 7.97. The normalized spacial score (nSPS) is 26.2. The van der Waals surface area contributed by atoms with Gasteiger partial charge in [-0.3, -0.25) is 9.62 Å². The second kappa shape index (κ2) is 11.5. The smallest absolute Gasteiger partial charge is 0.277 e. The van der Waals surface area contributed by atoms with Gasteiger partial charge in [0.25, 0.3) is 5.92 Å². The molecule has 2 aromatic carbocycles. The van der Waals surface area contributed by atoms with Crippen LogP contribution in [0.25, 0.3) is 11.1 Å². The Morgan fingerprint density at radius 3 is 2.42 bits per heavy atom. The van der Waals surface area contributed by atoms with Gasteiger partial charge in [0.05, 0.1) is 12.6 Å². The molecule has 2 aromatic rings. The molecule has 0 radical (unpaired) electrons. The predicted molar refractivity (Wildman–Crippen MR) is 126 cm³/mol. The number of hydrogen-bond donors (Lipinski definition) is 1. The lowest BCUT2D eigenvalue weighted by atomic mass is 9.85. The fraction of sp³-hybridized carbons (Fsp3) is 0.480. The lowest BCUT2D eigenvalue weighted by Gasteiger charge is -2.26. The molecule has 2 atom stereocenters. The fourth-order valence-electron chi connectivity index (χ4n) is 4.20. The first kappa shape index (κ1) is 25.7. The van der Waals surface area contributed by atoms with Crippen molar-refractivity contribution in [1.29, 1.82) is 0 Å². The summed E-state index contributed by atoms with van der Waals surface area (Å²) in [5, 5.41) is 0. The van der Waals surface area contributed by atoms with E-state index in [-0.39, 0.29) is 24.7 Å². The van der Waals surface area contributed by atoms with E-state index in [1.54, 1.807) is 30.1 Å². The molecule has 4 rings (SSSR count). The average molecular weight is 483 g/mol. The van der Waals surface area contributed by atoms with E-state index in [4.69, 9.17) is 0 Å². The first-order valence-corrected chi connectivity index (χ1v) is 12.1. The molecular weight excluding hydrogens is 452 g/mol. The number of likely N-dealkylation sites (N-methyl/N-ethyl adjacent to an activating group) is 1. The maximum absolute atomic E-state index is 15.1. The van der Waals surface area contributed by atoms with Crippen LogP contribution < -0.4 is 4.72 Å². The number of nitrogens with zero attached hydrogens (tertiary/aromatic N) is 1. The van der Waals surface area contributed by atoms with Crippen LogP contribution in [0, 0.1) is 11.7 Å². The Bertz CT molecular complexity index is 909. The standard InChI is InChI=1S/C20H23F3N2S.C5H7FO/c1-3-26-24-19-17(25(2)13-20(19,22)23)12-15-10-7-11-16(18(15)21)14-8-5-4-6-9-14;6-5-1-4(2-5)3-7/h4-11,17,19,24H,3,12-13H2,1-2H3;3-5H,1-2H2. The van der Waals surface area contributed by atoms with Crippen molar-refractivity contribution in [2.45, 2.75) is 50.4 Å². The van der Waals surface area contributed by atoms with Gasteiger partial charge < -0.3 is 4.79 Å². The zero-order chi connectivity index (χ0) is 24.0. The summed E-state index contributed by atoms with van der Waals surface area (Å²) in [5.41, 5.74) is 1.75. The van der Waals surface area contributed by atoms with Crippen LogP contribution >= 0.6 is 11.9 Å². The van der Waals surface area contributed by atoms with Gasteiger partial charge in [-0.05, 0) is 37.4 Å². The van der Waals surface area contributed by atoms with Crippen LogP contribution in [-0.4, -0.2) is 54.7 Å². The number of carbonyl (C=O) groups excluding carboxylic acids is 1. The zero-order valence-corrected chi connectivity index (χ0v) is 19.6. The molecule has 2 unspecified atom stereocenters. The predicted octanol–water partition coefficient (Wildman–Crippen LogP) is 5.54. The molecule has 1 heterocycles. The quantitative estimate of drug-likeness (QED) is 0.319. The van der Waals surface area contributed by atoms with E-state index in [0.717, 1.165) is 11.8 Å². The van der Waals surface area contributed by atoms with Gasteiger partial charge in [0.15, 0.2) is 0 Å². The van der Waals surface area contributed by atoms with E-state index < -0.39 is 24.2 Å². The summed E-state index contributed by atoms with van der Waals surface area (Å²) in [6.07, 6.45) is 1.30. The Morgan fingerprint density at radius 2 is 1.85 bits per heavy atom. The molecule has 33 heavy (non-hydrogen) atoms. The van der Waals surface area contributed by atoms with E-state index in [2.05, 4.69) is 4.72 Å². The highest BCUT2D eigenvalue weighted by Crippen LogP contribution is 2.35. The van der Waals surface area contributed by atoms with Crippen LogP contribution in [0.3, 0.4) is 0 Å². The molecule has 0 bridgehead atoms. The number of carbonyl (C=O) groups is 1. The van der Waals surface area contributed by atoms with E-state index in [1.807, 2.05) is 37.3 Å². The number of alkyl halides is 3. The first-order chi connectivity index (χ1) is 15.8. The maximum Gasteiger partial charge on any atom is 0.277 e. The molecule has 2 aliphatic rings. The Labute approximate surface area is 197 Å². The van der Waals surface area contributed by atoms with Crippen LogP contribution in [0.15, 0.2) is 48.5 Å². The summed E-state index contributed by atoms with van der Waals surface area (Å²) in [7, 11) is 1.68. The Morgan fingerprint density at radius 1 is 1.15 bits per heavy atom. The van der Waals surface area contributed by atoms with Crippen LogP contribution in [0.1, 0.15) is 25.3 Å². The first-order valence-electron chi connectivity index (χ1n) is 11.1. The molecular formula is C25H30F4N2OS. The summed E-state index contributed by atoms with van der Waals surface area (Å²) in [6.45, 7) is 1.59. The minimum Gasteiger partial charge on any atom is -0.303 e. The maximum atomic E-state index is 15.1. The third-order valence-electron chi connectivity index (χ3n) is 6.12. The molecule has 0 aromatic heterocycles. The zero-order valence-electron chi connectivity index (χ0n) is 18.8. The molecule has 1 N–H and O–H groups in total. The highest BCUT2D eigenvalue weighted by atomic mass is 32.2. The molecule has 8 heteroatoms. The van der Waals surface area contributed by atoms with Gasteiger partial charge in [0.1, 0.15) is 18.3 Å². The van der Waals surface area contributed by atoms with E-state index in [1.165, 1.54) is 11.9 Å². The number of nitrogens with one attached hydrogen (secondary N) is 1.